The van der Waals surface area contributed by atoms with E-state index in [-0.39, 0.29) is 6.04 Å². The first-order chi connectivity index (χ1) is 5.72. The predicted octanol–water partition coefficient (Wildman–Crippen LogP) is 1.18. The van der Waals surface area contributed by atoms with E-state index in [0.29, 0.717) is 0 Å². The van der Waals surface area contributed by atoms with Crippen molar-refractivity contribution >= 4 is 0 Å². The van der Waals surface area contributed by atoms with E-state index in [0.717, 1.165) is 19.4 Å². The Balaban J connectivity index is 2.52. The molecule has 3 nitrogen and oxygen atoms in total. The van der Waals surface area contributed by atoms with Crippen molar-refractivity contribution in [3.05, 3.63) is 18.0 Å². The van der Waals surface area contributed by atoms with Crippen LogP contribution in [0.1, 0.15) is 25.8 Å². The molecule has 0 aromatic carbocycles. The summed E-state index contributed by atoms with van der Waals surface area (Å²) >= 11 is 0. The Kier molecular flexibility index (Phi) is 3.29. The molecule has 12 heavy (non-hydrogen) atoms. The fraction of sp³-hybridized carbons (Fsp3) is 0.667. The van der Waals surface area contributed by atoms with Crippen molar-refractivity contribution in [2.24, 2.45) is 5.73 Å². The third-order valence-corrected chi connectivity index (χ3v) is 1.70. The third kappa shape index (κ3) is 2.66. The molecule has 0 aliphatic rings. The van der Waals surface area contributed by atoms with E-state index in [1.807, 2.05) is 17.8 Å². The fourth-order valence-electron chi connectivity index (χ4n) is 1.23. The van der Waals surface area contributed by atoms with Crippen LogP contribution in [0.4, 0.5) is 0 Å². The summed E-state index contributed by atoms with van der Waals surface area (Å²) in [6, 6.07) is 0.226. The number of aryl methyl sites for hydroxylation is 1. The highest BCUT2D eigenvalue weighted by Crippen LogP contribution is 2.01. The number of hydrogen-bond acceptors (Lipinski definition) is 2. The van der Waals surface area contributed by atoms with Gasteiger partial charge >= 0.3 is 0 Å². The Hall–Kier alpha value is -0.830. The van der Waals surface area contributed by atoms with Gasteiger partial charge in [-0.25, -0.2) is 0 Å². The SMILES string of the molecule is CCCn1cc(CC(C)N)cn1. The van der Waals surface area contributed by atoms with Crippen LogP contribution in [0.15, 0.2) is 12.4 Å². The topological polar surface area (TPSA) is 43.8 Å². The maximum absolute atomic E-state index is 5.67. The maximum Gasteiger partial charge on any atom is 0.0522 e. The molecule has 1 aromatic rings. The molecule has 0 aliphatic heterocycles. The molecule has 0 aliphatic carbocycles. The van der Waals surface area contributed by atoms with Gasteiger partial charge in [0.2, 0.25) is 0 Å². The summed E-state index contributed by atoms with van der Waals surface area (Å²) in [5, 5.41) is 4.22. The van der Waals surface area contributed by atoms with Crippen LogP contribution in [-0.2, 0) is 13.0 Å². The number of aromatic nitrogens is 2. The molecule has 0 amide bonds. The Morgan fingerprint density at radius 2 is 2.42 bits per heavy atom. The molecule has 0 saturated carbocycles. The molecule has 1 rings (SSSR count). The normalized spacial score (nSPS) is 13.2. The van der Waals surface area contributed by atoms with Crippen molar-refractivity contribution in [3.8, 4) is 0 Å². The van der Waals surface area contributed by atoms with Crippen molar-refractivity contribution < 1.29 is 0 Å². The molecule has 1 heterocycles. The summed E-state index contributed by atoms with van der Waals surface area (Å²) in [6.07, 6.45) is 6.02. The highest BCUT2D eigenvalue weighted by atomic mass is 15.3. The van der Waals surface area contributed by atoms with Gasteiger partial charge in [0.15, 0.2) is 0 Å². The van der Waals surface area contributed by atoms with Gasteiger partial charge < -0.3 is 5.73 Å². The number of hydrogen-bond donors (Lipinski definition) is 1. The van der Waals surface area contributed by atoms with Gasteiger partial charge in [-0.15, -0.1) is 0 Å². The first kappa shape index (κ1) is 9.26. The molecular weight excluding hydrogens is 150 g/mol. The third-order valence-electron chi connectivity index (χ3n) is 1.70. The summed E-state index contributed by atoms with van der Waals surface area (Å²) < 4.78 is 1.97. The second-order valence-corrected chi connectivity index (χ2v) is 3.29. The lowest BCUT2D eigenvalue weighted by Gasteiger charge is -2.00. The van der Waals surface area contributed by atoms with Gasteiger partial charge in [0, 0.05) is 18.8 Å². The highest BCUT2D eigenvalue weighted by Gasteiger charge is 2.00. The van der Waals surface area contributed by atoms with Crippen LogP contribution < -0.4 is 5.73 Å². The van der Waals surface area contributed by atoms with Crippen LogP contribution in [0.2, 0.25) is 0 Å². The molecule has 0 fully saturated rings. The van der Waals surface area contributed by atoms with E-state index in [2.05, 4.69) is 18.2 Å². The van der Waals surface area contributed by atoms with Gasteiger partial charge in [0.05, 0.1) is 6.20 Å². The fourth-order valence-corrected chi connectivity index (χ4v) is 1.23. The average molecular weight is 167 g/mol. The number of nitrogens with zero attached hydrogens (tertiary/aromatic N) is 2. The van der Waals surface area contributed by atoms with Gasteiger partial charge in [0.1, 0.15) is 0 Å². The summed E-state index contributed by atoms with van der Waals surface area (Å²) in [5.74, 6) is 0. The van der Waals surface area contributed by atoms with Gasteiger partial charge in [-0.1, -0.05) is 6.92 Å². The molecule has 0 spiro atoms. The van der Waals surface area contributed by atoms with Crippen molar-refractivity contribution in [2.75, 3.05) is 0 Å². The summed E-state index contributed by atoms with van der Waals surface area (Å²) in [5.41, 5.74) is 6.91. The van der Waals surface area contributed by atoms with E-state index in [9.17, 15) is 0 Å². The Labute approximate surface area is 73.6 Å². The van der Waals surface area contributed by atoms with Gasteiger partial charge in [0.25, 0.3) is 0 Å². The van der Waals surface area contributed by atoms with Gasteiger partial charge in [-0.3, -0.25) is 4.68 Å². The predicted molar refractivity (Wildman–Crippen MR) is 49.9 cm³/mol. The van der Waals surface area contributed by atoms with Crippen LogP contribution in [0.25, 0.3) is 0 Å². The van der Waals surface area contributed by atoms with Crippen LogP contribution >= 0.6 is 0 Å². The lowest BCUT2D eigenvalue weighted by atomic mass is 10.1. The van der Waals surface area contributed by atoms with Crippen LogP contribution in [0.3, 0.4) is 0 Å². The lowest BCUT2D eigenvalue weighted by Crippen LogP contribution is -2.17. The quantitative estimate of drug-likeness (QED) is 0.732. The number of rotatable bonds is 4. The Morgan fingerprint density at radius 1 is 1.67 bits per heavy atom. The van der Waals surface area contributed by atoms with E-state index in [4.69, 9.17) is 5.73 Å². The van der Waals surface area contributed by atoms with Crippen molar-refractivity contribution in [1.82, 2.24) is 9.78 Å². The van der Waals surface area contributed by atoms with Gasteiger partial charge in [-0.05, 0) is 25.3 Å². The lowest BCUT2D eigenvalue weighted by molar-refractivity contribution is 0.601. The summed E-state index contributed by atoms with van der Waals surface area (Å²) in [4.78, 5) is 0. The standard InChI is InChI=1S/C9H17N3/c1-3-4-12-7-9(6-11-12)5-8(2)10/h6-8H,3-5,10H2,1-2H3. The minimum Gasteiger partial charge on any atom is -0.328 e. The minimum absolute atomic E-state index is 0.226. The monoisotopic (exact) mass is 167 g/mol. The zero-order chi connectivity index (χ0) is 8.97. The zero-order valence-corrected chi connectivity index (χ0v) is 7.83. The minimum atomic E-state index is 0.226. The van der Waals surface area contributed by atoms with E-state index in [1.54, 1.807) is 0 Å². The molecule has 0 bridgehead atoms. The second-order valence-electron chi connectivity index (χ2n) is 3.29. The van der Waals surface area contributed by atoms with E-state index < -0.39 is 0 Å². The van der Waals surface area contributed by atoms with Crippen LogP contribution in [0, 0.1) is 0 Å². The van der Waals surface area contributed by atoms with Crippen molar-refractivity contribution in [3.63, 3.8) is 0 Å². The van der Waals surface area contributed by atoms with Crippen molar-refractivity contribution in [2.45, 2.75) is 39.3 Å². The Bertz CT molecular complexity index is 227. The average Bonchev–Trinajstić information content (AvgIpc) is 2.36. The molecule has 0 saturated heterocycles. The molecule has 1 unspecified atom stereocenters. The maximum atomic E-state index is 5.67. The summed E-state index contributed by atoms with van der Waals surface area (Å²) in [7, 11) is 0. The Morgan fingerprint density at radius 3 is 3.00 bits per heavy atom. The highest BCUT2D eigenvalue weighted by molar-refractivity contribution is 5.05. The smallest absolute Gasteiger partial charge is 0.0522 e. The second kappa shape index (κ2) is 4.26. The molecule has 3 heteroatoms. The first-order valence-electron chi connectivity index (χ1n) is 4.49. The first-order valence-corrected chi connectivity index (χ1v) is 4.49. The largest absolute Gasteiger partial charge is 0.328 e. The van der Waals surface area contributed by atoms with E-state index in [1.165, 1.54) is 5.56 Å². The molecule has 1 atom stereocenters. The molecule has 0 radical (unpaired) electrons. The molecule has 68 valence electrons. The van der Waals surface area contributed by atoms with Gasteiger partial charge in [-0.2, -0.15) is 5.10 Å². The zero-order valence-electron chi connectivity index (χ0n) is 7.83. The molecular formula is C9H17N3. The molecule has 2 N–H and O–H groups in total. The number of nitrogens with two attached hydrogens (primary N) is 1. The van der Waals surface area contributed by atoms with Crippen LogP contribution in [0.5, 0.6) is 0 Å². The van der Waals surface area contributed by atoms with Crippen molar-refractivity contribution in [1.29, 1.82) is 0 Å². The summed E-state index contributed by atoms with van der Waals surface area (Å²) in [6.45, 7) is 5.16. The van der Waals surface area contributed by atoms with E-state index >= 15 is 0 Å². The van der Waals surface area contributed by atoms with Crippen LogP contribution in [-0.4, -0.2) is 15.8 Å². The molecule has 1 aromatic heterocycles.